The molecule has 0 spiro atoms. The Hall–Kier alpha value is 0.520. The fourth-order valence-electron chi connectivity index (χ4n) is 0.165. The zero-order chi connectivity index (χ0) is 6.95. The van der Waals surface area contributed by atoms with E-state index in [1.165, 1.54) is 0 Å². The van der Waals surface area contributed by atoms with E-state index in [9.17, 15) is 8.78 Å². The van der Waals surface area contributed by atoms with Gasteiger partial charge < -0.3 is 0 Å². The van der Waals surface area contributed by atoms with Gasteiger partial charge in [0.15, 0.2) is 0 Å². The molecule has 0 aromatic heterocycles. The van der Waals surface area contributed by atoms with Crippen LogP contribution in [0.2, 0.25) is 0 Å². The molecule has 0 N–H and O–H groups in total. The first-order valence-corrected chi connectivity index (χ1v) is 4.27. The van der Waals surface area contributed by atoms with Gasteiger partial charge >= 0.3 is 0 Å². The van der Waals surface area contributed by atoms with Crippen molar-refractivity contribution in [1.82, 2.24) is 0 Å². The Morgan fingerprint density at radius 3 is 1.78 bits per heavy atom. The fraction of sp³-hybridized carbons (Fsp3) is 1.00. The zero-order valence-corrected chi connectivity index (χ0v) is 6.44. The van der Waals surface area contributed by atoms with Crippen LogP contribution in [0.15, 0.2) is 0 Å². The predicted octanol–water partition coefficient (Wildman–Crippen LogP) is 2.24. The number of alkyl halides is 2. The van der Waals surface area contributed by atoms with E-state index in [1.807, 2.05) is 0 Å². The topological polar surface area (TPSA) is 9.23 Å². The van der Waals surface area contributed by atoms with Gasteiger partial charge in [-0.05, 0) is 0 Å². The lowest BCUT2D eigenvalue weighted by Gasteiger charge is -1.94. The van der Waals surface area contributed by atoms with Gasteiger partial charge in [0.1, 0.15) is 13.3 Å². The van der Waals surface area contributed by atoms with E-state index in [-0.39, 0.29) is 0 Å². The minimum Gasteiger partial charge on any atom is -0.250 e. The number of hydrogen-bond acceptors (Lipinski definition) is 3. The van der Waals surface area contributed by atoms with Crippen LogP contribution < -0.4 is 0 Å². The van der Waals surface area contributed by atoms with Crippen molar-refractivity contribution in [3.05, 3.63) is 0 Å². The highest BCUT2D eigenvalue weighted by Gasteiger charge is 1.89. The number of halogens is 2. The molecule has 0 bridgehead atoms. The lowest BCUT2D eigenvalue weighted by Crippen LogP contribution is -1.82. The van der Waals surface area contributed by atoms with E-state index in [0.717, 1.165) is 24.1 Å². The maximum absolute atomic E-state index is 11.3. The first-order valence-electron chi connectivity index (χ1n) is 2.45. The summed E-state index contributed by atoms with van der Waals surface area (Å²) >= 11 is 2.03. The SMILES string of the molecule is FCCSOSCCF. The first kappa shape index (κ1) is 9.52. The summed E-state index contributed by atoms with van der Waals surface area (Å²) in [5.74, 6) is 0.637. The maximum atomic E-state index is 11.3. The molecule has 0 aliphatic heterocycles. The lowest BCUT2D eigenvalue weighted by molar-refractivity contribution is 0.525. The van der Waals surface area contributed by atoms with E-state index in [1.54, 1.807) is 0 Å². The number of hydrogen-bond donors (Lipinski definition) is 0. The summed E-state index contributed by atoms with van der Waals surface area (Å²) in [5, 5.41) is 0. The van der Waals surface area contributed by atoms with Crippen molar-refractivity contribution in [3.63, 3.8) is 0 Å². The molecule has 0 amide bonds. The van der Waals surface area contributed by atoms with Gasteiger partial charge in [-0.1, -0.05) is 0 Å². The van der Waals surface area contributed by atoms with Crippen molar-refractivity contribution >= 4 is 24.1 Å². The average molecular weight is 174 g/mol. The molecule has 0 unspecified atom stereocenters. The predicted molar refractivity (Wildman–Crippen MR) is 38.0 cm³/mol. The van der Waals surface area contributed by atoms with Crippen LogP contribution in [0.3, 0.4) is 0 Å². The van der Waals surface area contributed by atoms with Gasteiger partial charge in [0.05, 0.1) is 0 Å². The standard InChI is InChI=1S/C4H8F2OS2/c5-1-3-8-7-9-4-2-6/h1-4H2. The summed E-state index contributed by atoms with van der Waals surface area (Å²) in [6.45, 7) is -0.804. The maximum Gasteiger partial charge on any atom is 0.101 e. The van der Waals surface area contributed by atoms with Crippen molar-refractivity contribution in [2.75, 3.05) is 24.9 Å². The molecular weight excluding hydrogens is 166 g/mol. The largest absolute Gasteiger partial charge is 0.250 e. The third kappa shape index (κ3) is 8.52. The van der Waals surface area contributed by atoms with Gasteiger partial charge in [0, 0.05) is 35.6 Å². The van der Waals surface area contributed by atoms with Crippen molar-refractivity contribution < 1.29 is 12.4 Å². The molecule has 0 heterocycles. The molecule has 0 aromatic rings. The molecule has 0 aliphatic carbocycles. The highest BCUT2D eigenvalue weighted by molar-refractivity contribution is 8.07. The molecule has 9 heavy (non-hydrogen) atoms. The van der Waals surface area contributed by atoms with Crippen LogP contribution in [0.5, 0.6) is 0 Å². The summed E-state index contributed by atoms with van der Waals surface area (Å²) in [7, 11) is 0. The normalized spacial score (nSPS) is 10.0. The molecule has 0 fully saturated rings. The van der Waals surface area contributed by atoms with Crippen LogP contribution in [0, 0.1) is 0 Å². The van der Waals surface area contributed by atoms with E-state index in [0.29, 0.717) is 11.5 Å². The first-order chi connectivity index (χ1) is 4.41. The van der Waals surface area contributed by atoms with Crippen molar-refractivity contribution in [2.24, 2.45) is 0 Å². The van der Waals surface area contributed by atoms with Gasteiger partial charge in [-0.2, -0.15) is 0 Å². The van der Waals surface area contributed by atoms with Crippen LogP contribution in [0.25, 0.3) is 0 Å². The van der Waals surface area contributed by atoms with Gasteiger partial charge in [-0.25, -0.2) is 3.63 Å². The summed E-state index contributed by atoms with van der Waals surface area (Å²) in [6, 6.07) is 0. The molecule has 56 valence electrons. The Bertz CT molecular complexity index is 49.8. The summed E-state index contributed by atoms with van der Waals surface area (Å²) < 4.78 is 27.3. The Kier molecular flexibility index (Phi) is 9.01. The molecule has 0 saturated heterocycles. The van der Waals surface area contributed by atoms with E-state index in [4.69, 9.17) is 0 Å². The fourth-order valence-corrected chi connectivity index (χ4v) is 1.11. The van der Waals surface area contributed by atoms with E-state index in [2.05, 4.69) is 3.63 Å². The summed E-state index contributed by atoms with van der Waals surface area (Å²) in [4.78, 5) is 0. The quantitative estimate of drug-likeness (QED) is 0.451. The molecule has 0 atom stereocenters. The highest BCUT2D eigenvalue weighted by atomic mass is 32.2. The monoisotopic (exact) mass is 174 g/mol. The minimum absolute atomic E-state index is 0.319. The molecule has 0 radical (unpaired) electrons. The lowest BCUT2D eigenvalue weighted by atomic mass is 10.9. The molecule has 0 aromatic carbocycles. The van der Waals surface area contributed by atoms with Gasteiger partial charge in [0.25, 0.3) is 0 Å². The van der Waals surface area contributed by atoms with Crippen LogP contribution >= 0.6 is 24.1 Å². The smallest absolute Gasteiger partial charge is 0.101 e. The molecule has 0 aliphatic rings. The van der Waals surface area contributed by atoms with Crippen LogP contribution in [-0.2, 0) is 3.63 Å². The van der Waals surface area contributed by atoms with Crippen molar-refractivity contribution in [2.45, 2.75) is 0 Å². The minimum atomic E-state index is -0.402. The van der Waals surface area contributed by atoms with Crippen LogP contribution in [0.4, 0.5) is 8.78 Å². The summed E-state index contributed by atoms with van der Waals surface area (Å²) in [6.07, 6.45) is 0. The molecule has 5 heteroatoms. The van der Waals surface area contributed by atoms with E-state index < -0.39 is 13.3 Å². The highest BCUT2D eigenvalue weighted by Crippen LogP contribution is 2.13. The Morgan fingerprint density at radius 2 is 1.44 bits per heavy atom. The Labute approximate surface area is 61.9 Å². The second-order valence-corrected chi connectivity index (χ2v) is 2.92. The zero-order valence-electron chi connectivity index (χ0n) is 4.81. The Morgan fingerprint density at radius 1 is 1.00 bits per heavy atom. The number of rotatable bonds is 6. The van der Waals surface area contributed by atoms with Gasteiger partial charge in [-0.15, -0.1) is 0 Å². The van der Waals surface area contributed by atoms with Crippen LogP contribution in [-0.4, -0.2) is 24.9 Å². The van der Waals surface area contributed by atoms with E-state index >= 15 is 0 Å². The third-order valence-corrected chi connectivity index (χ3v) is 1.83. The summed E-state index contributed by atoms with van der Waals surface area (Å²) in [5.41, 5.74) is 0. The molecule has 0 rings (SSSR count). The molecule has 1 nitrogen and oxygen atoms in total. The Balaban J connectivity index is 2.60. The van der Waals surface area contributed by atoms with Gasteiger partial charge in [-0.3, -0.25) is 8.78 Å². The third-order valence-electron chi connectivity index (χ3n) is 0.417. The average Bonchev–Trinajstić information content (AvgIpc) is 1.89. The molecular formula is C4H8F2OS2. The van der Waals surface area contributed by atoms with Crippen LogP contribution in [0.1, 0.15) is 0 Å². The van der Waals surface area contributed by atoms with Crippen molar-refractivity contribution in [3.8, 4) is 0 Å². The van der Waals surface area contributed by atoms with Gasteiger partial charge in [0.2, 0.25) is 0 Å². The second-order valence-electron chi connectivity index (χ2n) is 1.09. The van der Waals surface area contributed by atoms with Crippen molar-refractivity contribution in [1.29, 1.82) is 0 Å². The second kappa shape index (κ2) is 8.52. The molecule has 0 saturated carbocycles.